The molecule has 4 nitrogen and oxygen atoms in total. The van der Waals surface area contributed by atoms with E-state index in [2.05, 4.69) is 15.3 Å². The minimum atomic E-state index is -0.280. The van der Waals surface area contributed by atoms with Crippen LogP contribution in [-0.2, 0) is 0 Å². The fourth-order valence-electron chi connectivity index (χ4n) is 2.04. The van der Waals surface area contributed by atoms with Gasteiger partial charge in [0, 0.05) is 5.56 Å². The average molecular weight is 312 g/mol. The van der Waals surface area contributed by atoms with Gasteiger partial charge >= 0.3 is 0 Å². The Morgan fingerprint density at radius 3 is 2.73 bits per heavy atom. The van der Waals surface area contributed by atoms with Crippen LogP contribution in [0, 0.1) is 17.5 Å². The first-order valence-electron chi connectivity index (χ1n) is 6.68. The van der Waals surface area contributed by atoms with Gasteiger partial charge in [0.15, 0.2) is 5.82 Å². The Kier molecular flexibility index (Phi) is 3.93. The molecule has 0 saturated carbocycles. The molecule has 1 aromatic heterocycles. The lowest BCUT2D eigenvalue weighted by Crippen LogP contribution is -1.95. The summed E-state index contributed by atoms with van der Waals surface area (Å²) in [5, 5.41) is 11.3. The van der Waals surface area contributed by atoms with Crippen LogP contribution < -0.4 is 0 Å². The molecule has 0 aliphatic heterocycles. The zero-order valence-electron chi connectivity index (χ0n) is 11.8. The number of rotatable bonds is 3. The smallest absolute Gasteiger partial charge is 0.216 e. The Hall–Kier alpha value is -2.60. The first-order valence-corrected chi connectivity index (χ1v) is 7.09. The highest BCUT2D eigenvalue weighted by atomic mass is 32.1. The summed E-state index contributed by atoms with van der Waals surface area (Å²) in [5.41, 5.74) is 2.82. The predicted octanol–water partition coefficient (Wildman–Crippen LogP) is 3.94. The maximum atomic E-state index is 12.9. The number of nitrogens with zero attached hydrogens (tertiary/aromatic N) is 3. The molecule has 0 spiro atoms. The number of aromatic amines is 1. The van der Waals surface area contributed by atoms with E-state index in [0.717, 1.165) is 16.7 Å². The van der Waals surface area contributed by atoms with E-state index in [0.29, 0.717) is 10.6 Å². The Labute approximate surface area is 131 Å². The number of H-pyrrole nitrogens is 1. The molecule has 22 heavy (non-hydrogen) atoms. The maximum absolute atomic E-state index is 12.9. The summed E-state index contributed by atoms with van der Waals surface area (Å²) < 4.78 is 14.9. The van der Waals surface area contributed by atoms with E-state index < -0.39 is 0 Å². The third kappa shape index (κ3) is 3.01. The molecule has 0 saturated heterocycles. The molecule has 0 amide bonds. The van der Waals surface area contributed by atoms with Crippen molar-refractivity contribution in [3.05, 3.63) is 70.2 Å². The monoisotopic (exact) mass is 312 g/mol. The number of nitrogens with one attached hydrogen (secondary N) is 1. The summed E-state index contributed by atoms with van der Waals surface area (Å²) in [6.07, 6.45) is 1.62. The van der Waals surface area contributed by atoms with Gasteiger partial charge in [-0.1, -0.05) is 35.9 Å². The van der Waals surface area contributed by atoms with Crippen molar-refractivity contribution in [3.8, 4) is 11.4 Å². The number of halogens is 1. The zero-order valence-corrected chi connectivity index (χ0v) is 12.6. The minimum absolute atomic E-state index is 0.280. The summed E-state index contributed by atoms with van der Waals surface area (Å²) in [4.78, 5) is 0. The second-order valence-electron chi connectivity index (χ2n) is 4.83. The molecule has 0 unspecified atom stereocenters. The fourth-order valence-corrected chi connectivity index (χ4v) is 2.22. The predicted molar refractivity (Wildman–Crippen MR) is 87.0 cm³/mol. The van der Waals surface area contributed by atoms with Gasteiger partial charge in [-0.2, -0.15) is 14.9 Å². The molecule has 2 aromatic carbocycles. The van der Waals surface area contributed by atoms with E-state index >= 15 is 0 Å². The van der Waals surface area contributed by atoms with Gasteiger partial charge in [0.1, 0.15) is 5.82 Å². The van der Waals surface area contributed by atoms with Crippen LogP contribution in [0.3, 0.4) is 0 Å². The molecule has 3 rings (SSSR count). The largest absolute Gasteiger partial charge is 0.250 e. The van der Waals surface area contributed by atoms with Crippen molar-refractivity contribution in [2.24, 2.45) is 5.10 Å². The molecular formula is C16H13FN4S. The summed E-state index contributed by atoms with van der Waals surface area (Å²) in [6, 6.07) is 14.0. The zero-order chi connectivity index (χ0) is 15.5. The average Bonchev–Trinajstić information content (AvgIpc) is 2.88. The van der Waals surface area contributed by atoms with Crippen LogP contribution in [0.2, 0.25) is 0 Å². The Morgan fingerprint density at radius 2 is 2.00 bits per heavy atom. The van der Waals surface area contributed by atoms with Gasteiger partial charge < -0.3 is 0 Å². The Balaban J connectivity index is 1.99. The molecule has 0 aliphatic carbocycles. The van der Waals surface area contributed by atoms with E-state index in [9.17, 15) is 4.39 Å². The van der Waals surface area contributed by atoms with Gasteiger partial charge in [-0.15, -0.1) is 0 Å². The Bertz CT molecular complexity index is 878. The second kappa shape index (κ2) is 6.03. The van der Waals surface area contributed by atoms with Gasteiger partial charge in [0.05, 0.1) is 6.21 Å². The van der Waals surface area contributed by atoms with Crippen molar-refractivity contribution in [3.63, 3.8) is 0 Å². The lowest BCUT2D eigenvalue weighted by Gasteiger charge is -2.02. The number of hydrogen-bond donors (Lipinski definition) is 1. The van der Waals surface area contributed by atoms with Gasteiger partial charge in [-0.3, -0.25) is 0 Å². The summed E-state index contributed by atoms with van der Waals surface area (Å²) in [7, 11) is 0. The highest BCUT2D eigenvalue weighted by Crippen LogP contribution is 2.18. The molecule has 0 radical (unpaired) electrons. The lowest BCUT2D eigenvalue weighted by molar-refractivity contribution is 0.628. The highest BCUT2D eigenvalue weighted by Gasteiger charge is 2.07. The quantitative estimate of drug-likeness (QED) is 0.588. The van der Waals surface area contributed by atoms with Crippen molar-refractivity contribution in [2.75, 3.05) is 0 Å². The molecule has 6 heteroatoms. The molecule has 0 aliphatic rings. The van der Waals surface area contributed by atoms with Crippen LogP contribution in [0.15, 0.2) is 53.6 Å². The molecular weight excluding hydrogens is 299 g/mol. The van der Waals surface area contributed by atoms with Crippen LogP contribution in [0.4, 0.5) is 4.39 Å². The SMILES string of the molecule is Cc1cccc(-c2n[nH]c(=S)n2N=Cc2ccc(F)cc2)c1. The van der Waals surface area contributed by atoms with Gasteiger partial charge in [-0.25, -0.2) is 9.49 Å². The van der Waals surface area contributed by atoms with Crippen LogP contribution in [0.1, 0.15) is 11.1 Å². The van der Waals surface area contributed by atoms with Crippen molar-refractivity contribution in [1.29, 1.82) is 0 Å². The van der Waals surface area contributed by atoms with E-state index in [4.69, 9.17) is 12.2 Å². The summed E-state index contributed by atoms with van der Waals surface area (Å²) >= 11 is 5.21. The van der Waals surface area contributed by atoms with Gasteiger partial charge in [0.2, 0.25) is 4.77 Å². The molecule has 0 bridgehead atoms. The maximum Gasteiger partial charge on any atom is 0.216 e. The van der Waals surface area contributed by atoms with Gasteiger partial charge in [0.25, 0.3) is 0 Å². The second-order valence-corrected chi connectivity index (χ2v) is 5.22. The first-order chi connectivity index (χ1) is 10.6. The number of hydrogen-bond acceptors (Lipinski definition) is 3. The van der Waals surface area contributed by atoms with Crippen LogP contribution in [0.25, 0.3) is 11.4 Å². The number of aryl methyl sites for hydroxylation is 1. The van der Waals surface area contributed by atoms with E-state index in [1.807, 2.05) is 31.2 Å². The summed E-state index contributed by atoms with van der Waals surface area (Å²) in [6.45, 7) is 2.01. The standard InChI is InChI=1S/C16H13FN4S/c1-11-3-2-4-13(9-11)15-19-20-16(22)21(15)18-10-12-5-7-14(17)8-6-12/h2-10H,1H3,(H,20,22). The topological polar surface area (TPSA) is 46.0 Å². The normalized spacial score (nSPS) is 11.2. The van der Waals surface area contributed by atoms with Crippen LogP contribution >= 0.6 is 12.2 Å². The third-order valence-corrected chi connectivity index (χ3v) is 3.38. The van der Waals surface area contributed by atoms with E-state index in [1.165, 1.54) is 12.1 Å². The van der Waals surface area contributed by atoms with Crippen molar-refractivity contribution < 1.29 is 4.39 Å². The molecule has 1 heterocycles. The minimum Gasteiger partial charge on any atom is -0.250 e. The summed E-state index contributed by atoms with van der Waals surface area (Å²) in [5.74, 6) is 0.351. The molecule has 110 valence electrons. The van der Waals surface area contributed by atoms with Gasteiger partial charge in [-0.05, 0) is 42.9 Å². The van der Waals surface area contributed by atoms with E-state index in [-0.39, 0.29) is 5.82 Å². The first kappa shape index (κ1) is 14.3. The van der Waals surface area contributed by atoms with Crippen molar-refractivity contribution in [1.82, 2.24) is 14.9 Å². The highest BCUT2D eigenvalue weighted by molar-refractivity contribution is 7.71. The lowest BCUT2D eigenvalue weighted by atomic mass is 10.1. The molecule has 3 aromatic rings. The third-order valence-electron chi connectivity index (χ3n) is 3.12. The Morgan fingerprint density at radius 1 is 1.23 bits per heavy atom. The molecule has 0 fully saturated rings. The van der Waals surface area contributed by atoms with Crippen LogP contribution in [-0.4, -0.2) is 21.1 Å². The van der Waals surface area contributed by atoms with Crippen molar-refractivity contribution in [2.45, 2.75) is 6.92 Å². The van der Waals surface area contributed by atoms with Crippen molar-refractivity contribution >= 4 is 18.4 Å². The number of aromatic nitrogens is 3. The van der Waals surface area contributed by atoms with E-state index in [1.54, 1.807) is 23.0 Å². The molecule has 1 N–H and O–H groups in total. The fraction of sp³-hybridized carbons (Fsp3) is 0.0625. The molecule has 0 atom stereocenters. The van der Waals surface area contributed by atoms with Crippen LogP contribution in [0.5, 0.6) is 0 Å². The number of benzene rings is 2.